The molecule has 2 aromatic carbocycles. The summed E-state index contributed by atoms with van der Waals surface area (Å²) in [6, 6.07) is 21.6. The zero-order valence-electron chi connectivity index (χ0n) is 14.3. The first-order valence-electron chi connectivity index (χ1n) is 8.19. The van der Waals surface area contributed by atoms with Crippen LogP contribution >= 0.6 is 0 Å². The summed E-state index contributed by atoms with van der Waals surface area (Å²) in [5.41, 5.74) is 8.40. The van der Waals surface area contributed by atoms with Crippen LogP contribution in [0.4, 0.5) is 0 Å². The molecule has 0 atom stereocenters. The summed E-state index contributed by atoms with van der Waals surface area (Å²) in [4.78, 5) is 4.97. The van der Waals surface area contributed by atoms with Crippen molar-refractivity contribution in [1.29, 1.82) is 0 Å². The van der Waals surface area contributed by atoms with Gasteiger partial charge in [-0.2, -0.15) is 0 Å². The van der Waals surface area contributed by atoms with Crippen LogP contribution in [0.1, 0.15) is 36.6 Å². The second-order valence-corrected chi connectivity index (χ2v) is 6.52. The van der Waals surface area contributed by atoms with Crippen molar-refractivity contribution in [2.75, 3.05) is 0 Å². The summed E-state index contributed by atoms with van der Waals surface area (Å²) >= 11 is 0. The van der Waals surface area contributed by atoms with Crippen LogP contribution in [-0.2, 0) is 0 Å². The van der Waals surface area contributed by atoms with E-state index in [0.717, 1.165) is 11.4 Å². The summed E-state index contributed by atoms with van der Waals surface area (Å²) in [5.74, 6) is 0.386. The largest absolute Gasteiger partial charge is 0.252 e. The maximum absolute atomic E-state index is 4.97. The molecule has 1 nitrogen and oxygen atoms in total. The minimum atomic E-state index is 0.386. The van der Waals surface area contributed by atoms with E-state index in [9.17, 15) is 0 Å². The van der Waals surface area contributed by atoms with Crippen LogP contribution in [0.15, 0.2) is 60.7 Å². The number of benzene rings is 2. The molecule has 1 heteroatoms. The minimum absolute atomic E-state index is 0.386. The van der Waals surface area contributed by atoms with Gasteiger partial charge in [0.1, 0.15) is 0 Å². The van der Waals surface area contributed by atoms with Crippen molar-refractivity contribution in [3.8, 4) is 22.4 Å². The fraction of sp³-hybridized carbons (Fsp3) is 0.227. The molecule has 1 aromatic heterocycles. The van der Waals surface area contributed by atoms with Gasteiger partial charge in [0.25, 0.3) is 0 Å². The molecule has 0 amide bonds. The first kappa shape index (κ1) is 15.5. The van der Waals surface area contributed by atoms with Crippen LogP contribution in [0.5, 0.6) is 0 Å². The van der Waals surface area contributed by atoms with E-state index in [1.165, 1.54) is 27.8 Å². The van der Waals surface area contributed by atoms with E-state index in [-0.39, 0.29) is 0 Å². The highest BCUT2D eigenvalue weighted by Gasteiger charge is 2.12. The van der Waals surface area contributed by atoms with E-state index < -0.39 is 0 Å². The minimum Gasteiger partial charge on any atom is -0.252 e. The number of hydrogen-bond acceptors (Lipinski definition) is 1. The monoisotopic (exact) mass is 301 g/mol. The number of hydrogen-bond donors (Lipinski definition) is 0. The number of aromatic nitrogens is 1. The van der Waals surface area contributed by atoms with Gasteiger partial charge in [-0.05, 0) is 31.4 Å². The molecule has 3 rings (SSSR count). The van der Waals surface area contributed by atoms with Crippen LogP contribution in [0.3, 0.4) is 0 Å². The number of aryl methyl sites for hydroxylation is 2. The number of nitrogens with zero attached hydrogens (tertiary/aromatic N) is 1. The predicted molar refractivity (Wildman–Crippen MR) is 98.7 cm³/mol. The van der Waals surface area contributed by atoms with Gasteiger partial charge in [-0.3, -0.25) is 4.98 Å². The maximum atomic E-state index is 4.97. The Morgan fingerprint density at radius 1 is 0.652 bits per heavy atom. The van der Waals surface area contributed by atoms with Gasteiger partial charge in [-0.1, -0.05) is 79.6 Å². The fourth-order valence-electron chi connectivity index (χ4n) is 2.78. The van der Waals surface area contributed by atoms with Crippen molar-refractivity contribution in [2.24, 2.45) is 0 Å². The van der Waals surface area contributed by atoms with Crippen LogP contribution in [0.25, 0.3) is 22.4 Å². The summed E-state index contributed by atoms with van der Waals surface area (Å²) in [6.45, 7) is 8.64. The SMILES string of the molecule is Cc1ccc(-c2ccc(-c3ccc(C)cc3)c(C(C)C)n2)cc1. The molecule has 0 aliphatic heterocycles. The van der Waals surface area contributed by atoms with Gasteiger partial charge < -0.3 is 0 Å². The first-order valence-corrected chi connectivity index (χ1v) is 8.19. The Morgan fingerprint density at radius 3 is 1.70 bits per heavy atom. The molecule has 0 radical (unpaired) electrons. The highest BCUT2D eigenvalue weighted by atomic mass is 14.7. The van der Waals surface area contributed by atoms with Crippen LogP contribution in [0.2, 0.25) is 0 Å². The molecular formula is C22H23N. The molecule has 0 unspecified atom stereocenters. The Labute approximate surface area is 139 Å². The molecule has 3 aromatic rings. The molecule has 0 aliphatic rings. The fourth-order valence-corrected chi connectivity index (χ4v) is 2.78. The van der Waals surface area contributed by atoms with Crippen molar-refractivity contribution < 1.29 is 0 Å². The van der Waals surface area contributed by atoms with E-state index in [1.54, 1.807) is 0 Å². The van der Waals surface area contributed by atoms with E-state index in [0.29, 0.717) is 5.92 Å². The average Bonchev–Trinajstić information content (AvgIpc) is 2.56. The Balaban J connectivity index is 2.08. The van der Waals surface area contributed by atoms with Crippen LogP contribution < -0.4 is 0 Å². The van der Waals surface area contributed by atoms with E-state index >= 15 is 0 Å². The van der Waals surface area contributed by atoms with Crippen molar-refractivity contribution in [3.63, 3.8) is 0 Å². The lowest BCUT2D eigenvalue weighted by atomic mass is 9.95. The molecule has 23 heavy (non-hydrogen) atoms. The number of pyridine rings is 1. The molecule has 0 N–H and O–H groups in total. The second kappa shape index (κ2) is 6.37. The van der Waals surface area contributed by atoms with Gasteiger partial charge in [0.05, 0.1) is 11.4 Å². The van der Waals surface area contributed by atoms with Gasteiger partial charge in [0, 0.05) is 11.1 Å². The quantitative estimate of drug-likeness (QED) is 0.565. The molecule has 1 heterocycles. The van der Waals surface area contributed by atoms with E-state index in [1.807, 2.05) is 0 Å². The molecule has 0 saturated heterocycles. The predicted octanol–water partition coefficient (Wildman–Crippen LogP) is 6.16. The maximum Gasteiger partial charge on any atom is 0.0705 e. The van der Waals surface area contributed by atoms with Gasteiger partial charge in [-0.15, -0.1) is 0 Å². The van der Waals surface area contributed by atoms with Crippen LogP contribution in [-0.4, -0.2) is 4.98 Å². The van der Waals surface area contributed by atoms with Crippen molar-refractivity contribution in [3.05, 3.63) is 77.5 Å². The lowest BCUT2D eigenvalue weighted by molar-refractivity contribution is 0.827. The molecule has 0 bridgehead atoms. The highest BCUT2D eigenvalue weighted by molar-refractivity contribution is 5.70. The zero-order chi connectivity index (χ0) is 16.4. The molecule has 0 aliphatic carbocycles. The van der Waals surface area contributed by atoms with E-state index in [4.69, 9.17) is 4.98 Å². The Morgan fingerprint density at radius 2 is 1.17 bits per heavy atom. The van der Waals surface area contributed by atoms with Gasteiger partial charge >= 0.3 is 0 Å². The van der Waals surface area contributed by atoms with Gasteiger partial charge in [0.2, 0.25) is 0 Å². The summed E-state index contributed by atoms with van der Waals surface area (Å²) < 4.78 is 0. The molecule has 0 spiro atoms. The molecule has 116 valence electrons. The Kier molecular flexibility index (Phi) is 4.29. The average molecular weight is 301 g/mol. The molecular weight excluding hydrogens is 278 g/mol. The topological polar surface area (TPSA) is 12.9 Å². The summed E-state index contributed by atoms with van der Waals surface area (Å²) in [6.07, 6.45) is 0. The second-order valence-electron chi connectivity index (χ2n) is 6.52. The number of rotatable bonds is 3. The summed E-state index contributed by atoms with van der Waals surface area (Å²) in [7, 11) is 0. The Hall–Kier alpha value is -2.41. The lowest BCUT2D eigenvalue weighted by Gasteiger charge is -2.14. The van der Waals surface area contributed by atoms with Crippen molar-refractivity contribution >= 4 is 0 Å². The third-order valence-corrected chi connectivity index (χ3v) is 4.18. The Bertz CT molecular complexity index is 796. The van der Waals surface area contributed by atoms with Crippen molar-refractivity contribution in [1.82, 2.24) is 4.98 Å². The van der Waals surface area contributed by atoms with Crippen LogP contribution in [0, 0.1) is 13.8 Å². The normalized spacial score (nSPS) is 11.0. The molecule has 0 fully saturated rings. The first-order chi connectivity index (χ1) is 11.0. The third-order valence-electron chi connectivity index (χ3n) is 4.18. The smallest absolute Gasteiger partial charge is 0.0705 e. The summed E-state index contributed by atoms with van der Waals surface area (Å²) in [5, 5.41) is 0. The standard InChI is InChI=1S/C22H23N/c1-15(2)22-20(18-9-5-16(3)6-10-18)13-14-21(23-22)19-11-7-17(4)8-12-19/h5-15H,1-4H3. The third kappa shape index (κ3) is 3.34. The zero-order valence-corrected chi connectivity index (χ0v) is 14.3. The van der Waals surface area contributed by atoms with Crippen molar-refractivity contribution in [2.45, 2.75) is 33.6 Å². The lowest BCUT2D eigenvalue weighted by Crippen LogP contribution is -1.99. The van der Waals surface area contributed by atoms with E-state index in [2.05, 4.69) is 88.4 Å². The highest BCUT2D eigenvalue weighted by Crippen LogP contribution is 2.30. The molecule has 0 saturated carbocycles. The van der Waals surface area contributed by atoms with Gasteiger partial charge in [0.15, 0.2) is 0 Å². The van der Waals surface area contributed by atoms with Gasteiger partial charge in [-0.25, -0.2) is 0 Å².